The molecule has 1 atom stereocenters. The van der Waals surface area contributed by atoms with Crippen molar-refractivity contribution in [1.82, 2.24) is 0 Å². The zero-order valence-corrected chi connectivity index (χ0v) is 10.2. The molecule has 0 heterocycles. The van der Waals surface area contributed by atoms with Crippen molar-refractivity contribution in [3.05, 3.63) is 39.9 Å². The first-order valence-electron chi connectivity index (χ1n) is 5.19. The first-order valence-corrected chi connectivity index (χ1v) is 5.19. The second kappa shape index (κ2) is 6.34. The minimum Gasteiger partial charge on any atom is -0.432 e. The summed E-state index contributed by atoms with van der Waals surface area (Å²) >= 11 is 0. The van der Waals surface area contributed by atoms with E-state index in [2.05, 4.69) is 9.57 Å². The van der Waals surface area contributed by atoms with E-state index in [9.17, 15) is 19.7 Å². The number of carbonyl (C=O) groups is 2. The summed E-state index contributed by atoms with van der Waals surface area (Å²) in [6.07, 6.45) is -1.37. The van der Waals surface area contributed by atoms with Crippen LogP contribution in [-0.2, 0) is 14.4 Å². The van der Waals surface area contributed by atoms with Crippen LogP contribution in [0.25, 0.3) is 0 Å². The maximum absolute atomic E-state index is 11.7. The lowest BCUT2D eigenvalue weighted by Gasteiger charge is -2.12. The van der Waals surface area contributed by atoms with Gasteiger partial charge in [-0.25, -0.2) is 4.79 Å². The Labute approximate surface area is 108 Å². The second-order valence-electron chi connectivity index (χ2n) is 3.39. The average Bonchev–Trinajstić information content (AvgIpc) is 2.27. The number of hydrogen-bond acceptors (Lipinski definition) is 7. The molecular formula is C11H11NO7. The summed E-state index contributed by atoms with van der Waals surface area (Å²) in [5.41, 5.74) is -0.0310. The summed E-state index contributed by atoms with van der Waals surface area (Å²) < 4.78 is 9.49. The summed E-state index contributed by atoms with van der Waals surface area (Å²) in [4.78, 5) is 36.7. The fourth-order valence-electron chi connectivity index (χ4n) is 1.24. The lowest BCUT2D eigenvalue weighted by Crippen LogP contribution is -2.21. The van der Waals surface area contributed by atoms with Gasteiger partial charge in [-0.15, -0.1) is 10.1 Å². The largest absolute Gasteiger partial charge is 0.432 e. The Morgan fingerprint density at radius 2 is 1.95 bits per heavy atom. The van der Waals surface area contributed by atoms with Crippen LogP contribution in [0.2, 0.25) is 0 Å². The van der Waals surface area contributed by atoms with E-state index in [4.69, 9.17) is 4.74 Å². The molecule has 8 heteroatoms. The fraction of sp³-hybridized carbons (Fsp3) is 0.273. The number of rotatable bonds is 5. The van der Waals surface area contributed by atoms with Crippen molar-refractivity contribution >= 4 is 11.9 Å². The third kappa shape index (κ3) is 4.62. The van der Waals surface area contributed by atoms with Gasteiger partial charge in [0, 0.05) is 6.92 Å². The van der Waals surface area contributed by atoms with Crippen LogP contribution in [0.3, 0.4) is 0 Å². The summed E-state index contributed by atoms with van der Waals surface area (Å²) in [5.74, 6) is -1.49. The lowest BCUT2D eigenvalue weighted by atomic mass is 10.2. The molecule has 0 spiro atoms. The van der Waals surface area contributed by atoms with Gasteiger partial charge in [-0.2, -0.15) is 0 Å². The minimum atomic E-state index is -1.37. The van der Waals surface area contributed by atoms with Gasteiger partial charge in [-0.05, 0) is 19.1 Å². The van der Waals surface area contributed by atoms with E-state index in [0.29, 0.717) is 0 Å². The zero-order chi connectivity index (χ0) is 14.4. The number of esters is 2. The van der Waals surface area contributed by atoms with E-state index in [-0.39, 0.29) is 11.3 Å². The number of para-hydroxylation sites is 1. The molecule has 1 aromatic carbocycles. The van der Waals surface area contributed by atoms with E-state index >= 15 is 0 Å². The monoisotopic (exact) mass is 269 g/mol. The van der Waals surface area contributed by atoms with Crippen molar-refractivity contribution in [2.75, 3.05) is 0 Å². The fourth-order valence-corrected chi connectivity index (χ4v) is 1.24. The highest BCUT2D eigenvalue weighted by Crippen LogP contribution is 2.19. The first-order chi connectivity index (χ1) is 8.90. The van der Waals surface area contributed by atoms with Gasteiger partial charge >= 0.3 is 11.9 Å². The van der Waals surface area contributed by atoms with Crippen molar-refractivity contribution < 1.29 is 29.0 Å². The Morgan fingerprint density at radius 1 is 1.32 bits per heavy atom. The lowest BCUT2D eigenvalue weighted by molar-refractivity contribution is -0.777. The highest BCUT2D eigenvalue weighted by Gasteiger charge is 2.19. The van der Waals surface area contributed by atoms with Gasteiger partial charge in [0.05, 0.1) is 0 Å². The van der Waals surface area contributed by atoms with Gasteiger partial charge in [0.1, 0.15) is 11.3 Å². The van der Waals surface area contributed by atoms with E-state index in [1.807, 2.05) is 0 Å². The van der Waals surface area contributed by atoms with Crippen molar-refractivity contribution in [2.24, 2.45) is 0 Å². The summed E-state index contributed by atoms with van der Waals surface area (Å²) in [6, 6.07) is 5.85. The molecule has 0 aromatic heterocycles. The molecule has 0 aliphatic rings. The molecule has 0 aliphatic carbocycles. The predicted molar refractivity (Wildman–Crippen MR) is 60.7 cm³/mol. The van der Waals surface area contributed by atoms with Crippen LogP contribution in [0.5, 0.6) is 5.75 Å². The molecule has 0 N–H and O–H groups in total. The molecule has 0 saturated heterocycles. The van der Waals surface area contributed by atoms with Gasteiger partial charge in [0.2, 0.25) is 6.29 Å². The topological polar surface area (TPSA) is 105 Å². The van der Waals surface area contributed by atoms with Crippen LogP contribution in [0.4, 0.5) is 0 Å². The van der Waals surface area contributed by atoms with Crippen molar-refractivity contribution in [2.45, 2.75) is 20.1 Å². The molecule has 8 nitrogen and oxygen atoms in total. The molecule has 1 aromatic rings. The molecule has 0 fully saturated rings. The van der Waals surface area contributed by atoms with Crippen LogP contribution in [0.15, 0.2) is 24.3 Å². The van der Waals surface area contributed by atoms with Crippen LogP contribution < -0.4 is 4.74 Å². The Kier molecular flexibility index (Phi) is 4.81. The number of benzene rings is 1. The Bertz CT molecular complexity index is 500. The quantitative estimate of drug-likeness (QED) is 0.261. The third-order valence-corrected chi connectivity index (χ3v) is 1.87. The Hall–Kier alpha value is -2.64. The smallest absolute Gasteiger partial charge is 0.344 e. The second-order valence-corrected chi connectivity index (χ2v) is 3.39. The van der Waals surface area contributed by atoms with Crippen molar-refractivity contribution in [3.8, 4) is 5.75 Å². The van der Waals surface area contributed by atoms with Crippen LogP contribution in [0, 0.1) is 10.1 Å². The highest BCUT2D eigenvalue weighted by atomic mass is 17.0. The van der Waals surface area contributed by atoms with E-state index in [0.717, 1.165) is 0 Å². The van der Waals surface area contributed by atoms with Crippen molar-refractivity contribution in [1.29, 1.82) is 0 Å². The highest BCUT2D eigenvalue weighted by molar-refractivity contribution is 5.93. The molecular weight excluding hydrogens is 258 g/mol. The zero-order valence-electron chi connectivity index (χ0n) is 10.2. The molecule has 0 bridgehead atoms. The van der Waals surface area contributed by atoms with E-state index in [1.165, 1.54) is 32.0 Å². The van der Waals surface area contributed by atoms with E-state index < -0.39 is 23.3 Å². The van der Waals surface area contributed by atoms with Crippen LogP contribution in [0.1, 0.15) is 24.2 Å². The van der Waals surface area contributed by atoms with E-state index in [1.54, 1.807) is 6.07 Å². The number of ether oxygens (including phenoxy) is 2. The molecule has 0 unspecified atom stereocenters. The molecule has 1 rings (SSSR count). The van der Waals surface area contributed by atoms with Gasteiger partial charge in [-0.3, -0.25) is 9.63 Å². The van der Waals surface area contributed by atoms with Gasteiger partial charge < -0.3 is 9.47 Å². The molecule has 19 heavy (non-hydrogen) atoms. The minimum absolute atomic E-state index is 0.00769. The van der Waals surface area contributed by atoms with Crippen LogP contribution in [-0.4, -0.2) is 23.3 Å². The molecule has 102 valence electrons. The molecule has 0 aliphatic heterocycles. The normalized spacial score (nSPS) is 11.3. The molecule has 0 saturated carbocycles. The molecule has 0 radical (unpaired) electrons. The first kappa shape index (κ1) is 14.4. The average molecular weight is 269 g/mol. The Morgan fingerprint density at radius 3 is 2.53 bits per heavy atom. The summed E-state index contributed by atoms with van der Waals surface area (Å²) in [5, 5.41) is 8.99. The third-order valence-electron chi connectivity index (χ3n) is 1.87. The summed E-state index contributed by atoms with van der Waals surface area (Å²) in [7, 11) is 0. The van der Waals surface area contributed by atoms with Gasteiger partial charge in [0.25, 0.3) is 5.09 Å². The number of carbonyl (C=O) groups excluding carboxylic acids is 2. The summed E-state index contributed by atoms with van der Waals surface area (Å²) in [6.45, 7) is 2.37. The van der Waals surface area contributed by atoms with Crippen LogP contribution >= 0.6 is 0 Å². The maximum atomic E-state index is 11.7. The number of hydrogen-bond donors (Lipinski definition) is 0. The molecule has 0 amide bonds. The van der Waals surface area contributed by atoms with Gasteiger partial charge in [0.15, 0.2) is 0 Å². The predicted octanol–water partition coefficient (Wildman–Crippen LogP) is 1.32. The van der Waals surface area contributed by atoms with Gasteiger partial charge in [-0.1, -0.05) is 12.1 Å². The Balaban J connectivity index is 2.81. The SMILES string of the molecule is CC(=O)Oc1ccccc1C(=O)O[C@H](C)O[N+](=O)[O-]. The standard InChI is InChI=1S/C11H11NO7/c1-7(13)17-10-6-4-3-5-9(10)11(14)18-8(2)19-12(15)16/h3-6,8H,1-2H3/t8-/m0/s1. The number of nitrogens with zero attached hydrogens (tertiary/aromatic N) is 1. The van der Waals surface area contributed by atoms with Crippen molar-refractivity contribution in [3.63, 3.8) is 0 Å². The maximum Gasteiger partial charge on any atom is 0.344 e.